The van der Waals surface area contributed by atoms with Crippen LogP contribution >= 0.6 is 15.9 Å². The molecular formula is C23H22BrN3O4S. The number of halogens is 1. The van der Waals surface area contributed by atoms with Crippen LogP contribution in [-0.2, 0) is 14.6 Å². The van der Waals surface area contributed by atoms with E-state index in [-0.39, 0.29) is 26.6 Å². The van der Waals surface area contributed by atoms with Crippen molar-refractivity contribution in [3.8, 4) is 0 Å². The Bertz CT molecular complexity index is 1370. The van der Waals surface area contributed by atoms with Crippen molar-refractivity contribution >= 4 is 42.4 Å². The van der Waals surface area contributed by atoms with Gasteiger partial charge in [0.05, 0.1) is 10.3 Å². The third kappa shape index (κ3) is 3.77. The smallest absolute Gasteiger partial charge is 0.273 e. The summed E-state index contributed by atoms with van der Waals surface area (Å²) in [7, 11) is -4.03. The quantitative estimate of drug-likeness (QED) is 0.555. The van der Waals surface area contributed by atoms with Crippen molar-refractivity contribution in [2.75, 3.05) is 5.43 Å². The molecular weight excluding hydrogens is 494 g/mol. The molecule has 2 aliphatic carbocycles. The molecule has 3 aromatic rings. The fourth-order valence-electron chi connectivity index (χ4n) is 5.19. The number of rotatable bonds is 5. The second kappa shape index (κ2) is 8.12. The summed E-state index contributed by atoms with van der Waals surface area (Å²) in [5, 5.41) is 4.24. The number of carbonyl (C=O) groups is 1. The molecule has 2 bridgehead atoms. The SMILES string of the molecule is O=C(CC1CC2CCC1C2)Nn1nc(S(=O)(=O)c2ccc(Br)cc2)c2ccccc2c1=O. The normalized spacial score (nSPS) is 22.3. The van der Waals surface area contributed by atoms with E-state index in [0.717, 1.165) is 22.1 Å². The lowest BCUT2D eigenvalue weighted by Crippen LogP contribution is -2.37. The minimum absolute atomic E-state index is 0.0526. The summed E-state index contributed by atoms with van der Waals surface area (Å²) in [5.41, 5.74) is 1.99. The van der Waals surface area contributed by atoms with Crippen LogP contribution < -0.4 is 11.0 Å². The molecule has 2 aromatic carbocycles. The first-order chi connectivity index (χ1) is 15.3. The van der Waals surface area contributed by atoms with E-state index >= 15 is 0 Å². The van der Waals surface area contributed by atoms with Gasteiger partial charge in [-0.15, -0.1) is 9.89 Å². The van der Waals surface area contributed by atoms with Gasteiger partial charge in [0.25, 0.3) is 5.56 Å². The minimum Gasteiger partial charge on any atom is -0.273 e. The van der Waals surface area contributed by atoms with Crippen LogP contribution in [0.5, 0.6) is 0 Å². The maximum Gasteiger partial charge on any atom is 0.294 e. The Labute approximate surface area is 193 Å². The number of nitrogens with zero attached hydrogens (tertiary/aromatic N) is 2. The second-order valence-electron chi connectivity index (χ2n) is 8.70. The molecule has 0 aliphatic heterocycles. The Morgan fingerprint density at radius 2 is 1.78 bits per heavy atom. The molecule has 1 heterocycles. The van der Waals surface area contributed by atoms with Crippen LogP contribution in [0, 0.1) is 17.8 Å². The third-order valence-electron chi connectivity index (χ3n) is 6.71. The number of amides is 1. The Hall–Kier alpha value is -2.52. The van der Waals surface area contributed by atoms with E-state index in [4.69, 9.17) is 0 Å². The molecule has 2 aliphatic rings. The summed E-state index contributed by atoms with van der Waals surface area (Å²) in [4.78, 5) is 26.5. The van der Waals surface area contributed by atoms with Gasteiger partial charge in [-0.25, -0.2) is 13.8 Å². The third-order valence-corrected chi connectivity index (χ3v) is 8.94. The lowest BCUT2D eigenvalue weighted by atomic mass is 9.86. The molecule has 0 spiro atoms. The Morgan fingerprint density at radius 1 is 1.06 bits per heavy atom. The molecule has 0 radical (unpaired) electrons. The number of benzene rings is 2. The fourth-order valence-corrected chi connectivity index (χ4v) is 6.83. The molecule has 2 saturated carbocycles. The number of carbonyl (C=O) groups excluding carboxylic acids is 1. The van der Waals surface area contributed by atoms with Gasteiger partial charge in [-0.3, -0.25) is 9.59 Å². The van der Waals surface area contributed by atoms with Crippen molar-refractivity contribution in [1.29, 1.82) is 0 Å². The van der Waals surface area contributed by atoms with Gasteiger partial charge in [0, 0.05) is 16.3 Å². The highest BCUT2D eigenvalue weighted by atomic mass is 79.9. The van der Waals surface area contributed by atoms with Crippen LogP contribution in [0.4, 0.5) is 0 Å². The first kappa shape index (κ1) is 21.3. The highest BCUT2D eigenvalue weighted by molar-refractivity contribution is 9.10. The van der Waals surface area contributed by atoms with E-state index in [9.17, 15) is 18.0 Å². The average molecular weight is 516 g/mol. The van der Waals surface area contributed by atoms with Gasteiger partial charge in [-0.1, -0.05) is 40.5 Å². The van der Waals surface area contributed by atoms with Gasteiger partial charge in [0.2, 0.25) is 15.7 Å². The van der Waals surface area contributed by atoms with Crippen molar-refractivity contribution in [2.24, 2.45) is 17.8 Å². The van der Waals surface area contributed by atoms with Crippen molar-refractivity contribution in [1.82, 2.24) is 9.89 Å². The van der Waals surface area contributed by atoms with Crippen LogP contribution in [-0.4, -0.2) is 24.2 Å². The maximum atomic E-state index is 13.4. The fraction of sp³-hybridized carbons (Fsp3) is 0.348. The zero-order valence-electron chi connectivity index (χ0n) is 17.2. The topological polar surface area (TPSA) is 98.1 Å². The summed E-state index contributed by atoms with van der Waals surface area (Å²) in [6.45, 7) is 0. The molecule has 32 heavy (non-hydrogen) atoms. The molecule has 3 unspecified atom stereocenters. The molecule has 1 aromatic heterocycles. The second-order valence-corrected chi connectivity index (χ2v) is 11.5. The monoisotopic (exact) mass is 515 g/mol. The summed E-state index contributed by atoms with van der Waals surface area (Å²) < 4.78 is 27.5. The van der Waals surface area contributed by atoms with Gasteiger partial charge < -0.3 is 0 Å². The van der Waals surface area contributed by atoms with E-state index in [0.29, 0.717) is 24.2 Å². The van der Waals surface area contributed by atoms with Gasteiger partial charge in [0.1, 0.15) is 0 Å². The van der Waals surface area contributed by atoms with Crippen molar-refractivity contribution in [3.63, 3.8) is 0 Å². The first-order valence-electron chi connectivity index (χ1n) is 10.7. The van der Waals surface area contributed by atoms with Gasteiger partial charge in [-0.2, -0.15) is 0 Å². The molecule has 1 amide bonds. The van der Waals surface area contributed by atoms with Crippen LogP contribution in [0.15, 0.2) is 67.7 Å². The van der Waals surface area contributed by atoms with E-state index in [1.165, 1.54) is 25.0 Å². The predicted molar refractivity (Wildman–Crippen MR) is 124 cm³/mol. The minimum atomic E-state index is -4.03. The van der Waals surface area contributed by atoms with Gasteiger partial charge in [0.15, 0.2) is 5.03 Å². The standard InChI is InChI=1S/C23H22BrN3O4S/c24-17-7-9-18(10-8-17)32(30,31)22-19-3-1-2-4-20(19)23(29)27(26-22)25-21(28)13-16-12-14-5-6-15(16)11-14/h1-4,7-10,14-16H,5-6,11-13H2,(H,25,28). The lowest BCUT2D eigenvalue weighted by molar-refractivity contribution is -0.118. The zero-order chi connectivity index (χ0) is 22.5. The average Bonchev–Trinajstić information content (AvgIpc) is 3.39. The molecule has 0 saturated heterocycles. The number of fused-ring (bicyclic) bond motifs is 3. The van der Waals surface area contributed by atoms with Crippen LogP contribution in [0.1, 0.15) is 32.1 Å². The molecule has 2 fully saturated rings. The van der Waals surface area contributed by atoms with E-state index in [1.807, 2.05) is 0 Å². The van der Waals surface area contributed by atoms with Crippen LogP contribution in [0.3, 0.4) is 0 Å². The van der Waals surface area contributed by atoms with Crippen molar-refractivity contribution < 1.29 is 13.2 Å². The highest BCUT2D eigenvalue weighted by Crippen LogP contribution is 2.49. The number of sulfone groups is 1. The molecule has 9 heteroatoms. The maximum absolute atomic E-state index is 13.4. The zero-order valence-corrected chi connectivity index (χ0v) is 19.6. The van der Waals surface area contributed by atoms with Crippen molar-refractivity contribution in [2.45, 2.75) is 42.0 Å². The van der Waals surface area contributed by atoms with Gasteiger partial charge in [-0.05, 0) is 67.3 Å². The summed E-state index contributed by atoms with van der Waals surface area (Å²) in [6, 6.07) is 12.6. The number of aromatic nitrogens is 2. The van der Waals surface area contributed by atoms with E-state index < -0.39 is 15.4 Å². The first-order valence-corrected chi connectivity index (χ1v) is 12.9. The number of hydrogen-bond donors (Lipinski definition) is 1. The van der Waals surface area contributed by atoms with Crippen molar-refractivity contribution in [3.05, 3.63) is 63.4 Å². The van der Waals surface area contributed by atoms with E-state index in [2.05, 4.69) is 26.5 Å². The van der Waals surface area contributed by atoms with Crippen LogP contribution in [0.2, 0.25) is 0 Å². The van der Waals surface area contributed by atoms with Crippen LogP contribution in [0.25, 0.3) is 10.8 Å². The highest BCUT2D eigenvalue weighted by Gasteiger charge is 2.40. The predicted octanol–water partition coefficient (Wildman–Crippen LogP) is 3.89. The molecule has 1 N–H and O–H groups in total. The molecule has 5 rings (SSSR count). The summed E-state index contributed by atoms with van der Waals surface area (Å²) in [6.07, 6.45) is 4.94. The molecule has 166 valence electrons. The Kier molecular flexibility index (Phi) is 5.41. The Balaban J connectivity index is 1.52. The lowest BCUT2D eigenvalue weighted by Gasteiger charge is -2.21. The number of nitrogens with one attached hydrogen (secondary N) is 1. The van der Waals surface area contributed by atoms with E-state index in [1.54, 1.807) is 36.4 Å². The summed E-state index contributed by atoms with van der Waals surface area (Å²) in [5.74, 6) is 1.28. The largest absolute Gasteiger partial charge is 0.294 e. The number of hydrogen-bond acceptors (Lipinski definition) is 5. The summed E-state index contributed by atoms with van der Waals surface area (Å²) >= 11 is 3.30. The molecule has 7 nitrogen and oxygen atoms in total. The van der Waals surface area contributed by atoms with Gasteiger partial charge >= 0.3 is 0 Å². The Morgan fingerprint density at radius 3 is 2.44 bits per heavy atom. The molecule has 3 atom stereocenters.